The molecule has 3 heteroatoms. The molecule has 2 unspecified atom stereocenters. The third-order valence-electron chi connectivity index (χ3n) is 4.11. The standard InChI is InChI=1S/C16H26N2O/c1-13-4-3-10-18(11-9-13)12-16(17)14-5-7-15(19-2)8-6-14/h5-8,13,16H,3-4,9-12,17H2,1-2H3. The van der Waals surface area contributed by atoms with Crippen LogP contribution in [-0.4, -0.2) is 31.6 Å². The topological polar surface area (TPSA) is 38.5 Å². The highest BCUT2D eigenvalue weighted by Gasteiger charge is 2.16. The summed E-state index contributed by atoms with van der Waals surface area (Å²) in [5.74, 6) is 1.75. The van der Waals surface area contributed by atoms with E-state index < -0.39 is 0 Å². The fraction of sp³-hybridized carbons (Fsp3) is 0.625. The predicted molar refractivity (Wildman–Crippen MR) is 79.4 cm³/mol. The molecule has 0 aromatic heterocycles. The average molecular weight is 262 g/mol. The number of likely N-dealkylation sites (tertiary alicyclic amines) is 1. The van der Waals surface area contributed by atoms with Crippen molar-refractivity contribution in [3.05, 3.63) is 29.8 Å². The maximum absolute atomic E-state index is 6.32. The summed E-state index contributed by atoms with van der Waals surface area (Å²) in [7, 11) is 1.69. The number of nitrogens with two attached hydrogens (primary N) is 1. The van der Waals surface area contributed by atoms with Gasteiger partial charge in [0.05, 0.1) is 7.11 Å². The molecule has 2 rings (SSSR count). The van der Waals surface area contributed by atoms with Crippen molar-refractivity contribution in [2.45, 2.75) is 32.2 Å². The van der Waals surface area contributed by atoms with Gasteiger partial charge in [0.1, 0.15) is 5.75 Å². The Bertz CT molecular complexity index is 377. The van der Waals surface area contributed by atoms with E-state index in [0.717, 1.165) is 18.2 Å². The minimum atomic E-state index is 0.0966. The SMILES string of the molecule is COc1ccc(C(N)CN2CCCC(C)CC2)cc1. The molecule has 1 aromatic carbocycles. The van der Waals surface area contributed by atoms with Crippen molar-refractivity contribution in [3.8, 4) is 5.75 Å². The van der Waals surface area contributed by atoms with Crippen LogP contribution in [0.25, 0.3) is 0 Å². The molecule has 2 atom stereocenters. The van der Waals surface area contributed by atoms with E-state index in [4.69, 9.17) is 10.5 Å². The Kier molecular flexibility index (Phi) is 5.23. The van der Waals surface area contributed by atoms with E-state index in [1.807, 2.05) is 12.1 Å². The first kappa shape index (κ1) is 14.4. The lowest BCUT2D eigenvalue weighted by atomic mass is 10.0. The molecule has 0 spiro atoms. The summed E-state index contributed by atoms with van der Waals surface area (Å²) in [5.41, 5.74) is 7.51. The van der Waals surface area contributed by atoms with Crippen molar-refractivity contribution < 1.29 is 4.74 Å². The summed E-state index contributed by atoms with van der Waals surface area (Å²) in [4.78, 5) is 2.51. The number of hydrogen-bond acceptors (Lipinski definition) is 3. The first-order chi connectivity index (χ1) is 9.19. The van der Waals surface area contributed by atoms with Gasteiger partial charge in [0, 0.05) is 12.6 Å². The molecule has 0 radical (unpaired) electrons. The number of hydrogen-bond donors (Lipinski definition) is 1. The highest BCUT2D eigenvalue weighted by atomic mass is 16.5. The van der Waals surface area contributed by atoms with E-state index in [1.54, 1.807) is 7.11 Å². The van der Waals surface area contributed by atoms with Gasteiger partial charge in [-0.05, 0) is 56.0 Å². The number of nitrogens with zero attached hydrogens (tertiary/aromatic N) is 1. The van der Waals surface area contributed by atoms with E-state index in [9.17, 15) is 0 Å². The average Bonchev–Trinajstić information content (AvgIpc) is 2.64. The highest BCUT2D eigenvalue weighted by Crippen LogP contribution is 2.20. The lowest BCUT2D eigenvalue weighted by Gasteiger charge is -2.24. The molecule has 3 nitrogen and oxygen atoms in total. The van der Waals surface area contributed by atoms with Crippen LogP contribution in [0.2, 0.25) is 0 Å². The Morgan fingerprint density at radius 3 is 2.68 bits per heavy atom. The second-order valence-electron chi connectivity index (χ2n) is 5.72. The van der Waals surface area contributed by atoms with Gasteiger partial charge in [0.2, 0.25) is 0 Å². The quantitative estimate of drug-likeness (QED) is 0.907. The zero-order valence-corrected chi connectivity index (χ0v) is 12.1. The maximum atomic E-state index is 6.32. The summed E-state index contributed by atoms with van der Waals surface area (Å²) in [6.45, 7) is 5.69. The minimum absolute atomic E-state index is 0.0966. The molecule has 1 aliphatic heterocycles. The van der Waals surface area contributed by atoms with Crippen molar-refractivity contribution in [3.63, 3.8) is 0 Å². The highest BCUT2D eigenvalue weighted by molar-refractivity contribution is 5.29. The Balaban J connectivity index is 1.90. The minimum Gasteiger partial charge on any atom is -0.497 e. The molecular formula is C16H26N2O. The van der Waals surface area contributed by atoms with Gasteiger partial charge in [0.25, 0.3) is 0 Å². The van der Waals surface area contributed by atoms with Crippen LogP contribution in [0.15, 0.2) is 24.3 Å². The zero-order chi connectivity index (χ0) is 13.7. The third-order valence-corrected chi connectivity index (χ3v) is 4.11. The van der Waals surface area contributed by atoms with Gasteiger partial charge in [-0.15, -0.1) is 0 Å². The van der Waals surface area contributed by atoms with Crippen molar-refractivity contribution in [1.82, 2.24) is 4.90 Å². The lowest BCUT2D eigenvalue weighted by molar-refractivity contribution is 0.265. The van der Waals surface area contributed by atoms with Gasteiger partial charge in [-0.1, -0.05) is 19.1 Å². The van der Waals surface area contributed by atoms with Crippen LogP contribution in [0.3, 0.4) is 0 Å². The normalized spacial score (nSPS) is 22.8. The van der Waals surface area contributed by atoms with Crippen LogP contribution in [-0.2, 0) is 0 Å². The van der Waals surface area contributed by atoms with Crippen LogP contribution in [0, 0.1) is 5.92 Å². The molecule has 0 saturated carbocycles. The Morgan fingerprint density at radius 1 is 1.26 bits per heavy atom. The monoisotopic (exact) mass is 262 g/mol. The van der Waals surface area contributed by atoms with Gasteiger partial charge in [-0.25, -0.2) is 0 Å². The molecule has 0 amide bonds. The van der Waals surface area contributed by atoms with E-state index in [0.29, 0.717) is 0 Å². The van der Waals surface area contributed by atoms with E-state index in [1.165, 1.54) is 37.9 Å². The van der Waals surface area contributed by atoms with Crippen molar-refractivity contribution in [2.24, 2.45) is 11.7 Å². The van der Waals surface area contributed by atoms with Gasteiger partial charge in [0.15, 0.2) is 0 Å². The van der Waals surface area contributed by atoms with Gasteiger partial charge in [-0.2, -0.15) is 0 Å². The van der Waals surface area contributed by atoms with Crippen LogP contribution in [0.4, 0.5) is 0 Å². The van der Waals surface area contributed by atoms with Crippen LogP contribution < -0.4 is 10.5 Å². The Morgan fingerprint density at radius 2 is 2.00 bits per heavy atom. The summed E-state index contributed by atoms with van der Waals surface area (Å²) >= 11 is 0. The van der Waals surface area contributed by atoms with E-state index in [2.05, 4.69) is 24.0 Å². The summed E-state index contributed by atoms with van der Waals surface area (Å²) < 4.78 is 5.18. The Hall–Kier alpha value is -1.06. The largest absolute Gasteiger partial charge is 0.497 e. The fourth-order valence-corrected chi connectivity index (χ4v) is 2.74. The van der Waals surface area contributed by atoms with Crippen LogP contribution in [0.5, 0.6) is 5.75 Å². The van der Waals surface area contributed by atoms with Crippen LogP contribution in [0.1, 0.15) is 37.8 Å². The van der Waals surface area contributed by atoms with Crippen molar-refractivity contribution >= 4 is 0 Å². The molecule has 1 heterocycles. The van der Waals surface area contributed by atoms with Gasteiger partial charge < -0.3 is 15.4 Å². The van der Waals surface area contributed by atoms with Crippen LogP contribution >= 0.6 is 0 Å². The first-order valence-corrected chi connectivity index (χ1v) is 7.31. The molecule has 1 aliphatic rings. The molecule has 0 aliphatic carbocycles. The maximum Gasteiger partial charge on any atom is 0.118 e. The second kappa shape index (κ2) is 6.92. The molecule has 19 heavy (non-hydrogen) atoms. The first-order valence-electron chi connectivity index (χ1n) is 7.31. The number of ether oxygens (including phenoxy) is 1. The van der Waals surface area contributed by atoms with Crippen molar-refractivity contribution in [2.75, 3.05) is 26.7 Å². The van der Waals surface area contributed by atoms with E-state index >= 15 is 0 Å². The number of methoxy groups -OCH3 is 1. The second-order valence-corrected chi connectivity index (χ2v) is 5.72. The molecule has 0 bridgehead atoms. The zero-order valence-electron chi connectivity index (χ0n) is 12.1. The molecule has 1 aromatic rings. The van der Waals surface area contributed by atoms with Gasteiger partial charge in [-0.3, -0.25) is 0 Å². The number of benzene rings is 1. The molecule has 2 N–H and O–H groups in total. The molecule has 1 saturated heterocycles. The summed E-state index contributed by atoms with van der Waals surface area (Å²) in [5, 5.41) is 0. The summed E-state index contributed by atoms with van der Waals surface area (Å²) in [6.07, 6.45) is 3.96. The van der Waals surface area contributed by atoms with Gasteiger partial charge >= 0.3 is 0 Å². The summed E-state index contributed by atoms with van der Waals surface area (Å²) in [6, 6.07) is 8.21. The van der Waals surface area contributed by atoms with E-state index in [-0.39, 0.29) is 6.04 Å². The fourth-order valence-electron chi connectivity index (χ4n) is 2.74. The lowest BCUT2D eigenvalue weighted by Crippen LogP contribution is -2.33. The Labute approximate surface area is 116 Å². The molecule has 106 valence electrons. The smallest absolute Gasteiger partial charge is 0.118 e. The predicted octanol–water partition coefficient (Wildman–Crippen LogP) is 2.82. The third kappa shape index (κ3) is 4.22. The molecular weight excluding hydrogens is 236 g/mol. The van der Waals surface area contributed by atoms with Crippen molar-refractivity contribution in [1.29, 1.82) is 0 Å². The number of rotatable bonds is 4. The molecule has 1 fully saturated rings.